The monoisotopic (exact) mass is 294 g/mol. The SMILES string of the molecule is N#CC1CNCCN1S(=O)(=O)c1ccc(C(N)=O)cc1. The number of carbonyl (C=O) groups is 1. The number of rotatable bonds is 3. The molecule has 1 aliphatic heterocycles. The summed E-state index contributed by atoms with van der Waals surface area (Å²) in [4.78, 5) is 11.0. The Morgan fingerprint density at radius 3 is 2.60 bits per heavy atom. The van der Waals surface area contributed by atoms with Crippen LogP contribution in [0, 0.1) is 11.3 Å². The van der Waals surface area contributed by atoms with Crippen LogP contribution in [0.15, 0.2) is 29.2 Å². The molecule has 8 heteroatoms. The highest BCUT2D eigenvalue weighted by Gasteiger charge is 2.33. The quantitative estimate of drug-likeness (QED) is 0.762. The standard InChI is InChI=1S/C12H14N4O3S/c13-7-10-8-15-5-6-16(10)20(18,19)11-3-1-9(2-4-11)12(14)17/h1-4,10,15H,5-6,8H2,(H2,14,17). The van der Waals surface area contributed by atoms with Gasteiger partial charge in [0.1, 0.15) is 6.04 Å². The van der Waals surface area contributed by atoms with Crippen LogP contribution in [-0.4, -0.2) is 44.3 Å². The van der Waals surface area contributed by atoms with Crippen molar-refractivity contribution >= 4 is 15.9 Å². The molecular weight excluding hydrogens is 280 g/mol. The molecule has 7 nitrogen and oxygen atoms in total. The minimum Gasteiger partial charge on any atom is -0.366 e. The van der Waals surface area contributed by atoms with Crippen molar-refractivity contribution in [2.75, 3.05) is 19.6 Å². The molecule has 106 valence electrons. The van der Waals surface area contributed by atoms with Gasteiger partial charge in [-0.15, -0.1) is 0 Å². The van der Waals surface area contributed by atoms with Crippen molar-refractivity contribution in [2.24, 2.45) is 5.73 Å². The Hall–Kier alpha value is -1.95. The molecule has 1 heterocycles. The van der Waals surface area contributed by atoms with Gasteiger partial charge in [-0.05, 0) is 24.3 Å². The lowest BCUT2D eigenvalue weighted by molar-refractivity contribution is 0.1000. The lowest BCUT2D eigenvalue weighted by atomic mass is 10.2. The largest absolute Gasteiger partial charge is 0.366 e. The Morgan fingerprint density at radius 2 is 2.05 bits per heavy atom. The topological polar surface area (TPSA) is 116 Å². The summed E-state index contributed by atoms with van der Waals surface area (Å²) in [7, 11) is -3.75. The predicted octanol–water partition coefficient (Wildman–Crippen LogP) is -0.728. The highest BCUT2D eigenvalue weighted by atomic mass is 32.2. The minimum atomic E-state index is -3.75. The van der Waals surface area contributed by atoms with Crippen LogP contribution in [0.25, 0.3) is 0 Å². The van der Waals surface area contributed by atoms with Crippen molar-refractivity contribution in [3.05, 3.63) is 29.8 Å². The second-order valence-corrected chi connectivity index (χ2v) is 6.24. The number of hydrogen-bond acceptors (Lipinski definition) is 5. The Morgan fingerprint density at radius 1 is 1.40 bits per heavy atom. The molecule has 1 aromatic carbocycles. The summed E-state index contributed by atoms with van der Waals surface area (Å²) >= 11 is 0. The summed E-state index contributed by atoms with van der Waals surface area (Å²) < 4.78 is 26.1. The van der Waals surface area contributed by atoms with Crippen LogP contribution < -0.4 is 11.1 Å². The van der Waals surface area contributed by atoms with Gasteiger partial charge in [0.25, 0.3) is 0 Å². The molecule has 0 aliphatic carbocycles. The van der Waals surface area contributed by atoms with Gasteiger partial charge in [-0.2, -0.15) is 9.57 Å². The van der Waals surface area contributed by atoms with E-state index in [4.69, 9.17) is 11.0 Å². The van der Waals surface area contributed by atoms with Gasteiger partial charge in [-0.3, -0.25) is 4.79 Å². The highest BCUT2D eigenvalue weighted by Crippen LogP contribution is 2.19. The average Bonchev–Trinajstić information content (AvgIpc) is 2.47. The molecule has 0 saturated carbocycles. The van der Waals surface area contributed by atoms with Crippen molar-refractivity contribution in [3.63, 3.8) is 0 Å². The predicted molar refractivity (Wildman–Crippen MR) is 71.1 cm³/mol. The maximum atomic E-state index is 12.5. The fourth-order valence-electron chi connectivity index (χ4n) is 2.01. The number of nitriles is 1. The van der Waals surface area contributed by atoms with E-state index in [1.54, 1.807) is 0 Å². The zero-order valence-corrected chi connectivity index (χ0v) is 11.4. The zero-order valence-electron chi connectivity index (χ0n) is 10.6. The van der Waals surface area contributed by atoms with E-state index < -0.39 is 22.0 Å². The Balaban J connectivity index is 2.34. The van der Waals surface area contributed by atoms with Crippen LogP contribution in [0.2, 0.25) is 0 Å². The van der Waals surface area contributed by atoms with E-state index in [2.05, 4.69) is 5.32 Å². The molecule has 1 aliphatic rings. The van der Waals surface area contributed by atoms with E-state index in [-0.39, 0.29) is 17.0 Å². The van der Waals surface area contributed by atoms with E-state index in [9.17, 15) is 13.2 Å². The lowest BCUT2D eigenvalue weighted by Gasteiger charge is -2.30. The summed E-state index contributed by atoms with van der Waals surface area (Å²) in [5.41, 5.74) is 5.35. The zero-order chi connectivity index (χ0) is 14.8. The molecular formula is C12H14N4O3S. The fraction of sp³-hybridized carbons (Fsp3) is 0.333. The lowest BCUT2D eigenvalue weighted by Crippen LogP contribution is -2.52. The number of piperazine rings is 1. The fourth-order valence-corrected chi connectivity index (χ4v) is 3.55. The summed E-state index contributed by atoms with van der Waals surface area (Å²) in [5.74, 6) is -0.619. The third-order valence-corrected chi connectivity index (χ3v) is 5.01. The van der Waals surface area contributed by atoms with Crippen LogP contribution in [0.3, 0.4) is 0 Å². The number of hydrogen-bond donors (Lipinski definition) is 2. The molecule has 0 bridgehead atoms. The van der Waals surface area contributed by atoms with E-state index >= 15 is 0 Å². The van der Waals surface area contributed by atoms with E-state index in [1.165, 1.54) is 28.6 Å². The van der Waals surface area contributed by atoms with E-state index in [0.29, 0.717) is 13.1 Å². The van der Waals surface area contributed by atoms with Gasteiger partial charge < -0.3 is 11.1 Å². The molecule has 3 N–H and O–H groups in total. The summed E-state index contributed by atoms with van der Waals surface area (Å²) in [6.07, 6.45) is 0. The number of primary amides is 1. The van der Waals surface area contributed by atoms with Crippen molar-refractivity contribution in [3.8, 4) is 6.07 Å². The molecule has 1 amide bonds. The number of carbonyl (C=O) groups excluding carboxylic acids is 1. The summed E-state index contributed by atoms with van der Waals surface area (Å²) in [6, 6.07) is 6.61. The third-order valence-electron chi connectivity index (χ3n) is 3.09. The highest BCUT2D eigenvalue weighted by molar-refractivity contribution is 7.89. The first kappa shape index (κ1) is 14.5. The summed E-state index contributed by atoms with van der Waals surface area (Å²) in [6.45, 7) is 1.03. The van der Waals surface area contributed by atoms with Gasteiger partial charge in [-0.25, -0.2) is 8.42 Å². The van der Waals surface area contributed by atoms with Crippen LogP contribution >= 0.6 is 0 Å². The Kier molecular flexibility index (Phi) is 4.04. The molecule has 1 fully saturated rings. The smallest absolute Gasteiger partial charge is 0.248 e. The normalized spacial score (nSPS) is 20.2. The second kappa shape index (κ2) is 5.58. The molecule has 1 atom stereocenters. The average molecular weight is 294 g/mol. The number of sulfonamides is 1. The number of nitrogens with two attached hydrogens (primary N) is 1. The van der Waals surface area contributed by atoms with Gasteiger partial charge in [0.15, 0.2) is 0 Å². The van der Waals surface area contributed by atoms with Gasteiger partial charge in [0, 0.05) is 25.2 Å². The Bertz CT molecular complexity index is 648. The first-order valence-corrected chi connectivity index (χ1v) is 7.43. The third kappa shape index (κ3) is 2.65. The van der Waals surface area contributed by atoms with Crippen molar-refractivity contribution in [1.82, 2.24) is 9.62 Å². The van der Waals surface area contributed by atoms with E-state index in [0.717, 1.165) is 0 Å². The first-order chi connectivity index (χ1) is 9.46. The maximum absolute atomic E-state index is 12.5. The minimum absolute atomic E-state index is 0.0460. The van der Waals surface area contributed by atoms with Gasteiger partial charge in [-0.1, -0.05) is 0 Å². The van der Waals surface area contributed by atoms with E-state index in [1.807, 2.05) is 6.07 Å². The van der Waals surface area contributed by atoms with Crippen molar-refractivity contribution in [2.45, 2.75) is 10.9 Å². The number of amides is 1. The van der Waals surface area contributed by atoms with Crippen LogP contribution in [-0.2, 0) is 10.0 Å². The molecule has 1 saturated heterocycles. The van der Waals surface area contributed by atoms with Crippen LogP contribution in [0.1, 0.15) is 10.4 Å². The number of benzene rings is 1. The van der Waals surface area contributed by atoms with Gasteiger partial charge in [0.05, 0.1) is 11.0 Å². The van der Waals surface area contributed by atoms with Gasteiger partial charge >= 0.3 is 0 Å². The number of nitrogens with one attached hydrogen (secondary N) is 1. The number of nitrogens with zero attached hydrogens (tertiary/aromatic N) is 2. The van der Waals surface area contributed by atoms with Crippen molar-refractivity contribution < 1.29 is 13.2 Å². The molecule has 1 aromatic rings. The second-order valence-electron chi connectivity index (χ2n) is 4.35. The molecule has 0 radical (unpaired) electrons. The summed E-state index contributed by atoms with van der Waals surface area (Å²) in [5, 5.41) is 12.0. The Labute approximate surface area is 117 Å². The van der Waals surface area contributed by atoms with Crippen LogP contribution in [0.5, 0.6) is 0 Å². The molecule has 20 heavy (non-hydrogen) atoms. The van der Waals surface area contributed by atoms with Crippen LogP contribution in [0.4, 0.5) is 0 Å². The van der Waals surface area contributed by atoms with Crippen molar-refractivity contribution in [1.29, 1.82) is 5.26 Å². The first-order valence-electron chi connectivity index (χ1n) is 5.99. The van der Waals surface area contributed by atoms with Gasteiger partial charge in [0.2, 0.25) is 15.9 Å². The molecule has 2 rings (SSSR count). The molecule has 0 aromatic heterocycles. The maximum Gasteiger partial charge on any atom is 0.248 e. The molecule has 0 spiro atoms. The molecule has 1 unspecified atom stereocenters.